The van der Waals surface area contributed by atoms with Crippen LogP contribution in [-0.2, 0) is 4.79 Å². The molecule has 0 saturated carbocycles. The van der Waals surface area contributed by atoms with Crippen LogP contribution in [0.5, 0.6) is 0 Å². The van der Waals surface area contributed by atoms with Crippen LogP contribution >= 0.6 is 11.6 Å². The third-order valence-electron chi connectivity index (χ3n) is 4.20. The van der Waals surface area contributed by atoms with Gasteiger partial charge in [-0.3, -0.25) is 9.59 Å². The van der Waals surface area contributed by atoms with Gasteiger partial charge in [0, 0.05) is 42.2 Å². The minimum Gasteiger partial charge on any atom is -0.355 e. The van der Waals surface area contributed by atoms with Gasteiger partial charge in [-0.2, -0.15) is 0 Å². The molecule has 26 heavy (non-hydrogen) atoms. The SMILES string of the molecule is CCNc1ncc(C(=O)N2CC(=O)N(c3cccc(Cl)c3)C[C@@H]2C)cn1. The van der Waals surface area contributed by atoms with Crippen LogP contribution in [0, 0.1) is 0 Å². The molecule has 3 rings (SSSR count). The zero-order valence-corrected chi connectivity index (χ0v) is 15.4. The summed E-state index contributed by atoms with van der Waals surface area (Å²) in [5.41, 5.74) is 1.10. The maximum atomic E-state index is 12.8. The van der Waals surface area contributed by atoms with E-state index in [9.17, 15) is 9.59 Å². The van der Waals surface area contributed by atoms with Gasteiger partial charge in [-0.1, -0.05) is 17.7 Å². The molecule has 7 nitrogen and oxygen atoms in total. The van der Waals surface area contributed by atoms with Gasteiger partial charge in [0.05, 0.1) is 5.56 Å². The summed E-state index contributed by atoms with van der Waals surface area (Å²) in [5.74, 6) is 0.0718. The fraction of sp³-hybridized carbons (Fsp3) is 0.333. The molecular weight excluding hydrogens is 354 g/mol. The number of nitrogens with one attached hydrogen (secondary N) is 1. The summed E-state index contributed by atoms with van der Waals surface area (Å²) in [4.78, 5) is 36.8. The molecule has 1 saturated heterocycles. The summed E-state index contributed by atoms with van der Waals surface area (Å²) in [7, 11) is 0. The van der Waals surface area contributed by atoms with Crippen molar-refractivity contribution >= 4 is 35.1 Å². The largest absolute Gasteiger partial charge is 0.355 e. The Morgan fingerprint density at radius 2 is 2.08 bits per heavy atom. The normalized spacial score (nSPS) is 17.3. The van der Waals surface area contributed by atoms with Crippen LogP contribution in [0.25, 0.3) is 0 Å². The first-order valence-electron chi connectivity index (χ1n) is 8.42. The first-order chi connectivity index (χ1) is 12.5. The predicted octanol–water partition coefficient (Wildman–Crippen LogP) is 2.44. The van der Waals surface area contributed by atoms with E-state index in [1.165, 1.54) is 12.4 Å². The van der Waals surface area contributed by atoms with Crippen LogP contribution in [0.15, 0.2) is 36.7 Å². The summed E-state index contributed by atoms with van der Waals surface area (Å²) in [6, 6.07) is 7.00. The highest BCUT2D eigenvalue weighted by atomic mass is 35.5. The third kappa shape index (κ3) is 3.77. The second kappa shape index (κ2) is 7.70. The van der Waals surface area contributed by atoms with E-state index in [0.29, 0.717) is 29.6 Å². The second-order valence-corrected chi connectivity index (χ2v) is 6.53. The molecule has 0 bridgehead atoms. The zero-order chi connectivity index (χ0) is 18.7. The van der Waals surface area contributed by atoms with Gasteiger partial charge in [-0.15, -0.1) is 0 Å². The molecule has 0 radical (unpaired) electrons. The minimum absolute atomic E-state index is 0.00146. The Bertz CT molecular complexity index is 811. The molecule has 1 aliphatic heterocycles. The lowest BCUT2D eigenvalue weighted by Crippen LogP contribution is -2.57. The number of amides is 2. The minimum atomic E-state index is -0.250. The summed E-state index contributed by atoms with van der Waals surface area (Å²) >= 11 is 6.02. The van der Waals surface area contributed by atoms with Crippen molar-refractivity contribution in [1.29, 1.82) is 0 Å². The number of benzene rings is 1. The molecule has 8 heteroatoms. The smallest absolute Gasteiger partial charge is 0.257 e. The van der Waals surface area contributed by atoms with Crippen LogP contribution in [0.2, 0.25) is 5.02 Å². The van der Waals surface area contributed by atoms with Crippen LogP contribution in [0.4, 0.5) is 11.6 Å². The Kier molecular flexibility index (Phi) is 5.37. The third-order valence-corrected chi connectivity index (χ3v) is 4.44. The standard InChI is InChI=1S/C18H20ClN5O2/c1-3-20-18-21-8-13(9-22-18)17(26)23-11-16(25)24(10-12(23)2)15-6-4-5-14(19)7-15/h4-9,12H,3,10-11H2,1-2H3,(H,20,21,22)/t12-/m0/s1. The number of nitrogens with zero attached hydrogens (tertiary/aromatic N) is 4. The first kappa shape index (κ1) is 18.1. The average molecular weight is 374 g/mol. The van der Waals surface area contributed by atoms with E-state index < -0.39 is 0 Å². The zero-order valence-electron chi connectivity index (χ0n) is 14.6. The number of anilines is 2. The van der Waals surface area contributed by atoms with Crippen LogP contribution in [0.1, 0.15) is 24.2 Å². The van der Waals surface area contributed by atoms with Crippen molar-refractivity contribution in [3.8, 4) is 0 Å². The summed E-state index contributed by atoms with van der Waals surface area (Å²) in [5, 5.41) is 3.55. The number of carbonyl (C=O) groups is 2. The molecule has 1 aromatic carbocycles. The van der Waals surface area contributed by atoms with Gasteiger partial charge >= 0.3 is 0 Å². The Morgan fingerprint density at radius 3 is 2.73 bits per heavy atom. The van der Waals surface area contributed by atoms with Crippen molar-refractivity contribution in [1.82, 2.24) is 14.9 Å². The van der Waals surface area contributed by atoms with Crippen LogP contribution in [0.3, 0.4) is 0 Å². The molecule has 0 spiro atoms. The second-order valence-electron chi connectivity index (χ2n) is 6.09. The number of rotatable bonds is 4. The summed E-state index contributed by atoms with van der Waals surface area (Å²) < 4.78 is 0. The van der Waals surface area contributed by atoms with Crippen molar-refractivity contribution < 1.29 is 9.59 Å². The molecule has 1 aromatic heterocycles. The Balaban J connectivity index is 1.74. The van der Waals surface area contributed by atoms with E-state index in [0.717, 1.165) is 5.69 Å². The highest BCUT2D eigenvalue weighted by Crippen LogP contribution is 2.24. The van der Waals surface area contributed by atoms with Gasteiger partial charge in [0.1, 0.15) is 6.54 Å². The lowest BCUT2D eigenvalue weighted by atomic mass is 10.1. The number of carbonyl (C=O) groups excluding carboxylic acids is 2. The highest BCUT2D eigenvalue weighted by Gasteiger charge is 2.34. The van der Waals surface area contributed by atoms with Crippen LogP contribution in [-0.4, -0.2) is 52.4 Å². The number of aromatic nitrogens is 2. The number of halogens is 1. The molecule has 136 valence electrons. The van der Waals surface area contributed by atoms with Gasteiger partial charge in [0.25, 0.3) is 5.91 Å². The fourth-order valence-corrected chi connectivity index (χ4v) is 3.06. The van der Waals surface area contributed by atoms with Gasteiger partial charge in [-0.05, 0) is 32.0 Å². The van der Waals surface area contributed by atoms with E-state index in [-0.39, 0.29) is 24.4 Å². The van der Waals surface area contributed by atoms with E-state index in [4.69, 9.17) is 11.6 Å². The fourth-order valence-electron chi connectivity index (χ4n) is 2.87. The molecule has 2 heterocycles. The quantitative estimate of drug-likeness (QED) is 0.890. The molecule has 2 amide bonds. The average Bonchev–Trinajstić information content (AvgIpc) is 2.63. The number of hydrogen-bond acceptors (Lipinski definition) is 5. The highest BCUT2D eigenvalue weighted by molar-refractivity contribution is 6.30. The molecular formula is C18H20ClN5O2. The molecule has 2 aromatic rings. The first-order valence-corrected chi connectivity index (χ1v) is 8.80. The number of hydrogen-bond donors (Lipinski definition) is 1. The van der Waals surface area contributed by atoms with E-state index in [2.05, 4.69) is 15.3 Å². The van der Waals surface area contributed by atoms with Crippen molar-refractivity contribution in [2.24, 2.45) is 0 Å². The van der Waals surface area contributed by atoms with Crippen molar-refractivity contribution in [3.63, 3.8) is 0 Å². The van der Waals surface area contributed by atoms with E-state index in [1.54, 1.807) is 28.0 Å². The van der Waals surface area contributed by atoms with E-state index in [1.807, 2.05) is 19.9 Å². The molecule has 1 atom stereocenters. The van der Waals surface area contributed by atoms with Gasteiger partial charge in [-0.25, -0.2) is 9.97 Å². The summed E-state index contributed by atoms with van der Waals surface area (Å²) in [6.45, 7) is 4.96. The van der Waals surface area contributed by atoms with Gasteiger partial charge < -0.3 is 15.1 Å². The van der Waals surface area contributed by atoms with Crippen LogP contribution < -0.4 is 10.2 Å². The van der Waals surface area contributed by atoms with Crippen molar-refractivity contribution in [3.05, 3.63) is 47.2 Å². The van der Waals surface area contributed by atoms with Gasteiger partial charge in [0.2, 0.25) is 11.9 Å². The molecule has 1 aliphatic rings. The maximum absolute atomic E-state index is 12.8. The molecule has 0 aliphatic carbocycles. The van der Waals surface area contributed by atoms with Crippen molar-refractivity contribution in [2.45, 2.75) is 19.9 Å². The topological polar surface area (TPSA) is 78.4 Å². The molecule has 1 fully saturated rings. The monoisotopic (exact) mass is 373 g/mol. The van der Waals surface area contributed by atoms with Crippen molar-refractivity contribution in [2.75, 3.05) is 29.9 Å². The Morgan fingerprint density at radius 1 is 1.35 bits per heavy atom. The van der Waals surface area contributed by atoms with Gasteiger partial charge in [0.15, 0.2) is 0 Å². The lowest BCUT2D eigenvalue weighted by molar-refractivity contribution is -0.121. The molecule has 0 unspecified atom stereocenters. The molecule has 1 N–H and O–H groups in total. The Hall–Kier alpha value is -2.67. The summed E-state index contributed by atoms with van der Waals surface area (Å²) in [6.07, 6.45) is 2.96. The lowest BCUT2D eigenvalue weighted by Gasteiger charge is -2.39. The predicted molar refractivity (Wildman–Crippen MR) is 100 cm³/mol. The Labute approximate surface area is 157 Å². The maximum Gasteiger partial charge on any atom is 0.257 e. The number of piperazine rings is 1. The van der Waals surface area contributed by atoms with E-state index >= 15 is 0 Å².